The second-order valence-corrected chi connectivity index (χ2v) is 6.46. The molecule has 0 radical (unpaired) electrons. The van der Waals surface area contributed by atoms with E-state index in [-0.39, 0.29) is 0 Å². The molecular weight excluding hydrogens is 294 g/mol. The number of aliphatic imine (C=N–C) groups is 2. The smallest absolute Gasteiger partial charge is 0.0845 e. The van der Waals surface area contributed by atoms with E-state index in [1.165, 1.54) is 51.4 Å². The number of hydrogen-bond donors (Lipinski definition) is 0. The minimum atomic E-state index is 0.905. The van der Waals surface area contributed by atoms with Crippen LogP contribution in [0.1, 0.15) is 90.4 Å². The largest absolute Gasteiger partial charge is 0.288 e. The van der Waals surface area contributed by atoms with Crippen molar-refractivity contribution in [1.82, 2.24) is 4.98 Å². The molecule has 0 saturated heterocycles. The summed E-state index contributed by atoms with van der Waals surface area (Å²) in [5, 5.41) is 0. The molecule has 0 bridgehead atoms. The van der Waals surface area contributed by atoms with E-state index in [4.69, 9.17) is 4.98 Å². The Morgan fingerprint density at radius 2 is 1.21 bits per heavy atom. The lowest BCUT2D eigenvalue weighted by atomic mass is 10.2. The highest BCUT2D eigenvalue weighted by Crippen LogP contribution is 2.06. The van der Waals surface area contributed by atoms with Crippen LogP contribution in [-0.4, -0.2) is 29.5 Å². The molecule has 0 amide bonds. The lowest BCUT2D eigenvalue weighted by molar-refractivity contribution is 0.675. The third-order valence-corrected chi connectivity index (χ3v) is 4.21. The summed E-state index contributed by atoms with van der Waals surface area (Å²) in [5.41, 5.74) is 4.01. The van der Waals surface area contributed by atoms with Gasteiger partial charge in [0.25, 0.3) is 0 Å². The molecule has 3 heteroatoms. The first-order valence-electron chi connectivity index (χ1n) is 9.69. The van der Waals surface area contributed by atoms with Gasteiger partial charge in [0.05, 0.1) is 22.8 Å². The average Bonchev–Trinajstić information content (AvgIpc) is 2.61. The van der Waals surface area contributed by atoms with Crippen molar-refractivity contribution in [3.05, 3.63) is 29.6 Å². The van der Waals surface area contributed by atoms with Crippen molar-refractivity contribution >= 4 is 11.4 Å². The molecule has 0 aliphatic rings. The van der Waals surface area contributed by atoms with Crippen LogP contribution in [0.3, 0.4) is 0 Å². The maximum absolute atomic E-state index is 4.74. The number of hydrogen-bond acceptors (Lipinski definition) is 3. The lowest BCUT2D eigenvalue weighted by Crippen LogP contribution is -2.06. The van der Waals surface area contributed by atoms with E-state index in [0.29, 0.717) is 0 Å². The van der Waals surface area contributed by atoms with Crippen molar-refractivity contribution in [2.24, 2.45) is 9.98 Å². The zero-order valence-electron chi connectivity index (χ0n) is 16.1. The summed E-state index contributed by atoms with van der Waals surface area (Å²) >= 11 is 0. The van der Waals surface area contributed by atoms with Crippen LogP contribution in [0.4, 0.5) is 0 Å². The van der Waals surface area contributed by atoms with Gasteiger partial charge in [0.2, 0.25) is 0 Å². The molecule has 24 heavy (non-hydrogen) atoms. The fourth-order valence-corrected chi connectivity index (χ4v) is 2.57. The predicted octanol–water partition coefficient (Wildman–Crippen LogP) is 5.86. The summed E-state index contributed by atoms with van der Waals surface area (Å²) < 4.78 is 0. The molecule has 0 unspecified atom stereocenters. The minimum Gasteiger partial charge on any atom is -0.288 e. The van der Waals surface area contributed by atoms with E-state index >= 15 is 0 Å². The molecule has 0 fully saturated rings. The van der Waals surface area contributed by atoms with E-state index in [1.807, 2.05) is 12.1 Å². The Labute approximate surface area is 148 Å². The highest BCUT2D eigenvalue weighted by Gasteiger charge is 2.03. The summed E-state index contributed by atoms with van der Waals surface area (Å²) in [7, 11) is 0. The Morgan fingerprint density at radius 3 is 1.62 bits per heavy atom. The Balaban J connectivity index is 2.58. The molecule has 0 atom stereocenters. The number of pyridine rings is 1. The zero-order chi connectivity index (χ0) is 17.6. The third-order valence-electron chi connectivity index (χ3n) is 4.21. The predicted molar refractivity (Wildman–Crippen MR) is 107 cm³/mol. The molecule has 0 aromatic carbocycles. The molecule has 1 aromatic rings. The van der Waals surface area contributed by atoms with Gasteiger partial charge in [-0.1, -0.05) is 58.4 Å². The lowest BCUT2D eigenvalue weighted by Gasteiger charge is -2.05. The van der Waals surface area contributed by atoms with Crippen LogP contribution >= 0.6 is 0 Å². The summed E-state index contributed by atoms with van der Waals surface area (Å²) in [6.07, 6.45) is 10.0. The van der Waals surface area contributed by atoms with Crippen molar-refractivity contribution in [2.45, 2.75) is 79.1 Å². The van der Waals surface area contributed by atoms with Gasteiger partial charge in [0.15, 0.2) is 0 Å². The fraction of sp³-hybridized carbons (Fsp3) is 0.667. The average molecular weight is 330 g/mol. The Morgan fingerprint density at radius 1 is 0.750 bits per heavy atom. The first kappa shape index (κ1) is 20.5. The van der Waals surface area contributed by atoms with Gasteiger partial charge in [-0.2, -0.15) is 0 Å². The first-order chi connectivity index (χ1) is 11.7. The molecule has 1 rings (SSSR count). The fourth-order valence-electron chi connectivity index (χ4n) is 2.57. The Kier molecular flexibility index (Phi) is 11.0. The van der Waals surface area contributed by atoms with E-state index < -0.39 is 0 Å². The second-order valence-electron chi connectivity index (χ2n) is 6.46. The van der Waals surface area contributed by atoms with Gasteiger partial charge in [0.1, 0.15) is 0 Å². The highest BCUT2D eigenvalue weighted by molar-refractivity contribution is 6.00. The summed E-state index contributed by atoms with van der Waals surface area (Å²) in [5.74, 6) is 0. The number of aromatic nitrogens is 1. The Hall–Kier alpha value is -1.51. The first-order valence-corrected chi connectivity index (χ1v) is 9.69. The quantitative estimate of drug-likeness (QED) is 0.349. The normalized spacial score (nSPS) is 12.7. The van der Waals surface area contributed by atoms with E-state index in [1.54, 1.807) is 0 Å². The van der Waals surface area contributed by atoms with Crippen molar-refractivity contribution in [3.63, 3.8) is 0 Å². The van der Waals surface area contributed by atoms with E-state index in [9.17, 15) is 0 Å². The Bertz CT molecular complexity index is 474. The molecule has 1 aromatic heterocycles. The van der Waals surface area contributed by atoms with Crippen molar-refractivity contribution in [3.8, 4) is 0 Å². The molecule has 0 aliphatic carbocycles. The van der Waals surface area contributed by atoms with Gasteiger partial charge in [-0.3, -0.25) is 9.98 Å². The maximum atomic E-state index is 4.74. The van der Waals surface area contributed by atoms with Gasteiger partial charge in [0, 0.05) is 13.1 Å². The van der Waals surface area contributed by atoms with Gasteiger partial charge in [-0.05, 0) is 38.8 Å². The van der Waals surface area contributed by atoms with Gasteiger partial charge in [-0.15, -0.1) is 0 Å². The van der Waals surface area contributed by atoms with Crippen LogP contribution in [0.5, 0.6) is 0 Å². The van der Waals surface area contributed by atoms with E-state index in [2.05, 4.69) is 43.7 Å². The van der Waals surface area contributed by atoms with Crippen molar-refractivity contribution in [1.29, 1.82) is 0 Å². The SMILES string of the molecule is CCCCCC/N=C(\C)c1cccc(/C(C)=N/CCCCCC)n1. The molecule has 3 nitrogen and oxygen atoms in total. The molecule has 0 spiro atoms. The van der Waals surface area contributed by atoms with Crippen LogP contribution < -0.4 is 0 Å². The van der Waals surface area contributed by atoms with Crippen LogP contribution in [-0.2, 0) is 0 Å². The third kappa shape index (κ3) is 8.37. The van der Waals surface area contributed by atoms with Crippen LogP contribution in [0.2, 0.25) is 0 Å². The molecule has 134 valence electrons. The van der Waals surface area contributed by atoms with Gasteiger partial charge in [-0.25, -0.2) is 4.98 Å². The zero-order valence-corrected chi connectivity index (χ0v) is 16.1. The molecular formula is C21H35N3. The molecule has 0 aliphatic heterocycles. The number of unbranched alkanes of at least 4 members (excludes halogenated alkanes) is 6. The highest BCUT2D eigenvalue weighted by atomic mass is 14.8. The van der Waals surface area contributed by atoms with Crippen LogP contribution in [0, 0.1) is 0 Å². The van der Waals surface area contributed by atoms with E-state index in [0.717, 1.165) is 35.9 Å². The number of nitrogens with zero attached hydrogens (tertiary/aromatic N) is 3. The monoisotopic (exact) mass is 329 g/mol. The molecule has 0 saturated carbocycles. The minimum absolute atomic E-state index is 0.905. The maximum Gasteiger partial charge on any atom is 0.0845 e. The van der Waals surface area contributed by atoms with Crippen LogP contribution in [0.15, 0.2) is 28.2 Å². The molecule has 0 N–H and O–H groups in total. The summed E-state index contributed by atoms with van der Waals surface area (Å²) in [4.78, 5) is 14.1. The summed E-state index contributed by atoms with van der Waals surface area (Å²) in [6.45, 7) is 10.4. The second kappa shape index (κ2) is 12.9. The van der Waals surface area contributed by atoms with Gasteiger partial charge < -0.3 is 0 Å². The van der Waals surface area contributed by atoms with Crippen molar-refractivity contribution < 1.29 is 0 Å². The number of rotatable bonds is 12. The standard InChI is InChI=1S/C21H35N3/c1-5-7-9-11-16-22-18(3)20-14-13-15-21(24-20)19(4)23-17-12-10-8-6-2/h13-15H,5-12,16-17H2,1-4H3/b22-18+,23-19+. The summed E-state index contributed by atoms with van der Waals surface area (Å²) in [6, 6.07) is 6.15. The topological polar surface area (TPSA) is 37.6 Å². The van der Waals surface area contributed by atoms with Crippen LogP contribution in [0.25, 0.3) is 0 Å². The van der Waals surface area contributed by atoms with Crippen molar-refractivity contribution in [2.75, 3.05) is 13.1 Å². The molecule has 1 heterocycles. The van der Waals surface area contributed by atoms with Gasteiger partial charge >= 0.3 is 0 Å².